The van der Waals surface area contributed by atoms with E-state index in [1.54, 1.807) is 0 Å². The normalized spacial score (nSPS) is 13.2. The first-order chi connectivity index (χ1) is 14.9. The van der Waals surface area contributed by atoms with E-state index in [0.29, 0.717) is 6.61 Å². The number of fused-ring (bicyclic) bond motifs is 1. The zero-order valence-electron chi connectivity index (χ0n) is 18.8. The summed E-state index contributed by atoms with van der Waals surface area (Å²) in [7, 11) is 0. The van der Waals surface area contributed by atoms with Crippen molar-refractivity contribution < 1.29 is 14.3 Å². The summed E-state index contributed by atoms with van der Waals surface area (Å²) >= 11 is 0. The van der Waals surface area contributed by atoms with Crippen molar-refractivity contribution in [3.63, 3.8) is 0 Å². The molecule has 0 unspecified atom stereocenters. The molecule has 0 fully saturated rings. The molecule has 1 aromatic heterocycles. The number of carbonyl (C=O) groups excluding carboxylic acids is 2. The van der Waals surface area contributed by atoms with Crippen LogP contribution in [0.2, 0.25) is 0 Å². The van der Waals surface area contributed by atoms with Crippen molar-refractivity contribution in [2.45, 2.75) is 53.2 Å². The predicted molar refractivity (Wildman–Crippen MR) is 124 cm³/mol. The van der Waals surface area contributed by atoms with Gasteiger partial charge in [-0.3, -0.25) is 9.59 Å². The van der Waals surface area contributed by atoms with Gasteiger partial charge in [0.25, 0.3) is 0 Å². The number of carbonyl (C=O) groups is 2. The Balaban J connectivity index is 1.71. The summed E-state index contributed by atoms with van der Waals surface area (Å²) in [5, 5.41) is 3.93. The van der Waals surface area contributed by atoms with Gasteiger partial charge in [-0.2, -0.15) is 0 Å². The number of Topliss-reactive ketones (excluding diaryl/α,β-unsaturated/α-hetero) is 1. The number of aromatic nitrogens is 1. The molecule has 0 saturated heterocycles. The molecule has 0 spiro atoms. The molecule has 164 valence electrons. The van der Waals surface area contributed by atoms with E-state index >= 15 is 0 Å². The molecule has 5 heteroatoms. The molecule has 2 aromatic carbocycles. The molecule has 0 saturated carbocycles. The van der Waals surface area contributed by atoms with E-state index in [9.17, 15) is 9.59 Å². The number of hydrogen-bond donors (Lipinski definition) is 2. The van der Waals surface area contributed by atoms with E-state index in [4.69, 9.17) is 4.74 Å². The first kappa shape index (κ1) is 22.6. The largest absolute Gasteiger partial charge is 0.489 e. The van der Waals surface area contributed by atoms with Gasteiger partial charge in [-0.1, -0.05) is 64.4 Å². The van der Waals surface area contributed by atoms with Gasteiger partial charge in [0.05, 0.1) is 12.5 Å². The van der Waals surface area contributed by atoms with Crippen molar-refractivity contribution in [2.24, 2.45) is 11.8 Å². The summed E-state index contributed by atoms with van der Waals surface area (Å²) < 4.78 is 5.94. The predicted octanol–water partition coefficient (Wildman–Crippen LogP) is 5.05. The Labute approximate surface area is 184 Å². The van der Waals surface area contributed by atoms with Gasteiger partial charge in [0, 0.05) is 23.0 Å². The molecule has 0 aliphatic rings. The van der Waals surface area contributed by atoms with E-state index in [-0.39, 0.29) is 29.9 Å². The molecule has 0 aliphatic heterocycles. The van der Waals surface area contributed by atoms with E-state index in [1.165, 1.54) is 0 Å². The highest BCUT2D eigenvalue weighted by molar-refractivity contribution is 5.93. The van der Waals surface area contributed by atoms with Crippen LogP contribution in [0.15, 0.2) is 54.7 Å². The van der Waals surface area contributed by atoms with E-state index in [2.05, 4.69) is 10.3 Å². The number of amides is 1. The fourth-order valence-electron chi connectivity index (χ4n) is 3.62. The lowest BCUT2D eigenvalue weighted by molar-refractivity contribution is -0.130. The molecule has 3 rings (SSSR count). The summed E-state index contributed by atoms with van der Waals surface area (Å²) in [4.78, 5) is 28.6. The lowest BCUT2D eigenvalue weighted by atomic mass is 9.90. The molecule has 0 bridgehead atoms. The Bertz CT molecular complexity index is 1020. The van der Waals surface area contributed by atoms with Gasteiger partial charge >= 0.3 is 0 Å². The Morgan fingerprint density at radius 3 is 2.48 bits per heavy atom. The molecular formula is C26H32N2O3. The van der Waals surface area contributed by atoms with Gasteiger partial charge < -0.3 is 15.0 Å². The average Bonchev–Trinajstić information content (AvgIpc) is 3.17. The second kappa shape index (κ2) is 10.3. The Hall–Kier alpha value is -3.08. The summed E-state index contributed by atoms with van der Waals surface area (Å²) in [6.45, 7) is 8.28. The van der Waals surface area contributed by atoms with Crippen LogP contribution in [0.1, 0.15) is 45.2 Å². The summed E-state index contributed by atoms with van der Waals surface area (Å²) in [5.74, 6) is 0.677. The Kier molecular flexibility index (Phi) is 7.50. The number of ether oxygens (including phenoxy) is 1. The number of hydrogen-bond acceptors (Lipinski definition) is 3. The van der Waals surface area contributed by atoms with Crippen LogP contribution in [0.3, 0.4) is 0 Å². The van der Waals surface area contributed by atoms with Crippen LogP contribution in [0, 0.1) is 11.8 Å². The van der Waals surface area contributed by atoms with Crippen molar-refractivity contribution in [3.05, 3.63) is 65.9 Å². The molecule has 3 aromatic rings. The van der Waals surface area contributed by atoms with E-state index in [1.807, 2.05) is 82.4 Å². The summed E-state index contributed by atoms with van der Waals surface area (Å²) in [6.07, 6.45) is 2.90. The standard InChI is InChI=1S/C26H32N2O3/c1-5-18(4)25(26(30)17(2)3)28-24(29)13-20-15-27-23-12-11-21(14-22(20)23)31-16-19-9-7-6-8-10-19/h6-12,14-15,17-18,25,27H,5,13,16H2,1-4H3,(H,28,29)/t18-,25-/m0/s1. The monoisotopic (exact) mass is 420 g/mol. The molecule has 1 heterocycles. The maximum atomic E-state index is 12.8. The van der Waals surface area contributed by atoms with Crippen molar-refractivity contribution in [2.75, 3.05) is 0 Å². The van der Waals surface area contributed by atoms with Crippen molar-refractivity contribution in [1.29, 1.82) is 0 Å². The third kappa shape index (κ3) is 5.75. The number of H-pyrrole nitrogens is 1. The van der Waals surface area contributed by atoms with E-state index < -0.39 is 6.04 Å². The number of nitrogens with one attached hydrogen (secondary N) is 2. The first-order valence-corrected chi connectivity index (χ1v) is 11.0. The minimum atomic E-state index is -0.451. The topological polar surface area (TPSA) is 71.2 Å². The fourth-order valence-corrected chi connectivity index (χ4v) is 3.62. The molecule has 2 atom stereocenters. The Morgan fingerprint density at radius 2 is 1.81 bits per heavy atom. The summed E-state index contributed by atoms with van der Waals surface area (Å²) in [5.41, 5.74) is 2.94. The minimum absolute atomic E-state index is 0.0817. The zero-order valence-corrected chi connectivity index (χ0v) is 18.8. The van der Waals surface area contributed by atoms with Crippen LogP contribution in [0.4, 0.5) is 0 Å². The van der Waals surface area contributed by atoms with Crippen molar-refractivity contribution >= 4 is 22.6 Å². The molecule has 1 amide bonds. The second-order valence-corrected chi connectivity index (χ2v) is 8.46. The number of rotatable bonds is 10. The highest BCUT2D eigenvalue weighted by Gasteiger charge is 2.27. The van der Waals surface area contributed by atoms with Crippen LogP contribution in [0.25, 0.3) is 10.9 Å². The molecule has 5 nitrogen and oxygen atoms in total. The van der Waals surface area contributed by atoms with Crippen LogP contribution in [-0.2, 0) is 22.6 Å². The highest BCUT2D eigenvalue weighted by atomic mass is 16.5. The van der Waals surface area contributed by atoms with Crippen molar-refractivity contribution in [1.82, 2.24) is 10.3 Å². The number of benzene rings is 2. The van der Waals surface area contributed by atoms with Gasteiger partial charge in [0.1, 0.15) is 12.4 Å². The lowest BCUT2D eigenvalue weighted by Crippen LogP contribution is -2.47. The average molecular weight is 421 g/mol. The van der Waals surface area contributed by atoms with Gasteiger partial charge in [-0.15, -0.1) is 0 Å². The maximum Gasteiger partial charge on any atom is 0.225 e. The van der Waals surface area contributed by atoms with Gasteiger partial charge in [0.2, 0.25) is 5.91 Å². The van der Waals surface area contributed by atoms with E-state index in [0.717, 1.165) is 34.2 Å². The molecule has 0 aliphatic carbocycles. The van der Waals surface area contributed by atoms with Gasteiger partial charge in [-0.05, 0) is 35.2 Å². The van der Waals surface area contributed by atoms with Crippen LogP contribution < -0.4 is 10.1 Å². The second-order valence-electron chi connectivity index (χ2n) is 8.46. The molecular weight excluding hydrogens is 388 g/mol. The Morgan fingerprint density at radius 1 is 1.06 bits per heavy atom. The smallest absolute Gasteiger partial charge is 0.225 e. The molecule has 2 N–H and O–H groups in total. The first-order valence-electron chi connectivity index (χ1n) is 11.0. The quantitative estimate of drug-likeness (QED) is 0.482. The van der Waals surface area contributed by atoms with Crippen LogP contribution in [-0.4, -0.2) is 22.7 Å². The minimum Gasteiger partial charge on any atom is -0.489 e. The lowest BCUT2D eigenvalue weighted by Gasteiger charge is -2.24. The van der Waals surface area contributed by atoms with Crippen LogP contribution in [0.5, 0.6) is 5.75 Å². The third-order valence-corrected chi connectivity index (χ3v) is 5.74. The van der Waals surface area contributed by atoms with Crippen LogP contribution >= 0.6 is 0 Å². The third-order valence-electron chi connectivity index (χ3n) is 5.74. The van der Waals surface area contributed by atoms with Gasteiger partial charge in [-0.25, -0.2) is 0 Å². The number of ketones is 1. The fraction of sp³-hybridized carbons (Fsp3) is 0.385. The highest BCUT2D eigenvalue weighted by Crippen LogP contribution is 2.25. The zero-order chi connectivity index (χ0) is 22.4. The summed E-state index contributed by atoms with van der Waals surface area (Å²) in [6, 6.07) is 15.4. The van der Waals surface area contributed by atoms with Crippen molar-refractivity contribution in [3.8, 4) is 5.75 Å². The molecule has 31 heavy (non-hydrogen) atoms. The number of aromatic amines is 1. The van der Waals surface area contributed by atoms with Gasteiger partial charge in [0.15, 0.2) is 5.78 Å². The SMILES string of the molecule is CC[C@H](C)[C@H](NC(=O)Cc1c[nH]c2ccc(OCc3ccccc3)cc12)C(=O)C(C)C. The molecule has 0 radical (unpaired) electrons. The maximum absolute atomic E-state index is 12.8.